The van der Waals surface area contributed by atoms with Crippen LogP contribution in [0.15, 0.2) is 52.9 Å². The molecule has 8 nitrogen and oxygen atoms in total. The van der Waals surface area contributed by atoms with Crippen LogP contribution in [0, 0.1) is 0 Å². The van der Waals surface area contributed by atoms with Gasteiger partial charge in [0.1, 0.15) is 5.75 Å². The summed E-state index contributed by atoms with van der Waals surface area (Å²) in [7, 11) is -2.36. The van der Waals surface area contributed by atoms with Gasteiger partial charge in [-0.05, 0) is 48.4 Å². The van der Waals surface area contributed by atoms with Gasteiger partial charge in [-0.2, -0.15) is 0 Å². The van der Waals surface area contributed by atoms with Gasteiger partial charge in [-0.25, -0.2) is 13.1 Å². The molecule has 0 radical (unpaired) electrons. The monoisotopic (exact) mass is 466 g/mol. The summed E-state index contributed by atoms with van der Waals surface area (Å²) in [6.45, 7) is 1.87. The SMILES string of the molecule is CC[C@H](NS(=O)(=O)c1nnc(NC(=O)c2ccc(Cl)cc2)s1)c1ccc(OC)cc1. The average molecular weight is 467 g/mol. The number of sulfonamides is 1. The molecule has 158 valence electrons. The number of hydrogen-bond donors (Lipinski definition) is 2. The van der Waals surface area contributed by atoms with Gasteiger partial charge in [0.05, 0.1) is 7.11 Å². The third-order valence-electron chi connectivity index (χ3n) is 4.19. The van der Waals surface area contributed by atoms with Crippen molar-refractivity contribution in [3.05, 3.63) is 64.7 Å². The molecule has 1 atom stereocenters. The number of halogens is 1. The molecule has 0 unspecified atom stereocenters. The Morgan fingerprint density at radius 2 is 1.80 bits per heavy atom. The summed E-state index contributed by atoms with van der Waals surface area (Å²) >= 11 is 6.58. The van der Waals surface area contributed by atoms with E-state index in [1.807, 2.05) is 6.92 Å². The van der Waals surface area contributed by atoms with Gasteiger partial charge in [-0.3, -0.25) is 10.1 Å². The number of carbonyl (C=O) groups excluding carboxylic acids is 1. The summed E-state index contributed by atoms with van der Waals surface area (Å²) in [4.78, 5) is 12.3. The molecule has 3 rings (SSSR count). The standard InChI is InChI=1S/C19H19ClN4O4S2/c1-3-16(12-6-10-15(28-2)11-7-12)24-30(26,27)19-23-22-18(29-19)21-17(25)13-4-8-14(20)9-5-13/h4-11,16,24H,3H2,1-2H3,(H,21,22,25)/t16-/m0/s1. The normalized spacial score (nSPS) is 12.4. The molecule has 11 heteroatoms. The topological polar surface area (TPSA) is 110 Å². The third-order valence-corrected chi connectivity index (χ3v) is 7.12. The summed E-state index contributed by atoms with van der Waals surface area (Å²) in [5, 5.41) is 10.6. The number of nitrogens with one attached hydrogen (secondary N) is 2. The molecular formula is C19H19ClN4O4S2. The maximum absolute atomic E-state index is 12.7. The molecule has 1 heterocycles. The van der Waals surface area contributed by atoms with E-state index >= 15 is 0 Å². The number of carbonyl (C=O) groups is 1. The molecule has 0 aliphatic rings. The minimum atomic E-state index is -3.93. The Kier molecular flexibility index (Phi) is 7.03. The molecule has 0 saturated heterocycles. The Hall–Kier alpha value is -2.53. The molecule has 3 aromatic rings. The predicted molar refractivity (Wildman–Crippen MR) is 116 cm³/mol. The van der Waals surface area contributed by atoms with Crippen LogP contribution in [-0.4, -0.2) is 31.6 Å². The van der Waals surface area contributed by atoms with Gasteiger partial charge >= 0.3 is 0 Å². The Labute approximate surface area is 183 Å². The van der Waals surface area contributed by atoms with Gasteiger partial charge in [0.15, 0.2) is 0 Å². The second-order valence-corrected chi connectivity index (χ2v) is 9.49. The molecule has 2 N–H and O–H groups in total. The van der Waals surface area contributed by atoms with Crippen molar-refractivity contribution < 1.29 is 17.9 Å². The van der Waals surface area contributed by atoms with Crippen LogP contribution in [-0.2, 0) is 10.0 Å². The number of aromatic nitrogens is 2. The molecule has 0 bridgehead atoms. The second kappa shape index (κ2) is 9.52. The zero-order chi connectivity index (χ0) is 21.7. The summed E-state index contributed by atoms with van der Waals surface area (Å²) in [6.07, 6.45) is 0.532. The molecule has 1 aromatic heterocycles. The zero-order valence-electron chi connectivity index (χ0n) is 16.1. The fraction of sp³-hybridized carbons (Fsp3) is 0.211. The van der Waals surface area contributed by atoms with E-state index < -0.39 is 22.0 Å². The van der Waals surface area contributed by atoms with Crippen molar-refractivity contribution in [1.29, 1.82) is 0 Å². The van der Waals surface area contributed by atoms with E-state index in [1.165, 1.54) is 0 Å². The number of hydrogen-bond acceptors (Lipinski definition) is 7. The molecule has 2 aromatic carbocycles. The van der Waals surface area contributed by atoms with Crippen molar-refractivity contribution in [2.45, 2.75) is 23.7 Å². The first-order valence-electron chi connectivity index (χ1n) is 8.89. The molecule has 0 fully saturated rings. The van der Waals surface area contributed by atoms with Crippen LogP contribution in [0.3, 0.4) is 0 Å². The van der Waals surface area contributed by atoms with E-state index in [0.29, 0.717) is 22.8 Å². The molecule has 0 aliphatic carbocycles. The first kappa shape index (κ1) is 22.2. The fourth-order valence-corrected chi connectivity index (χ4v) is 4.95. The smallest absolute Gasteiger partial charge is 0.270 e. The summed E-state index contributed by atoms with van der Waals surface area (Å²) in [5.74, 6) is 0.242. The molecule has 30 heavy (non-hydrogen) atoms. The lowest BCUT2D eigenvalue weighted by molar-refractivity contribution is 0.102. The van der Waals surface area contributed by atoms with E-state index in [2.05, 4.69) is 20.2 Å². The van der Waals surface area contributed by atoms with Crippen molar-refractivity contribution in [2.24, 2.45) is 0 Å². The lowest BCUT2D eigenvalue weighted by Gasteiger charge is -2.16. The van der Waals surface area contributed by atoms with E-state index in [-0.39, 0.29) is 9.47 Å². The number of methoxy groups -OCH3 is 1. The molecule has 1 amide bonds. The highest BCUT2D eigenvalue weighted by molar-refractivity contribution is 7.91. The maximum atomic E-state index is 12.7. The number of rotatable bonds is 8. The van der Waals surface area contributed by atoms with E-state index in [9.17, 15) is 13.2 Å². The Bertz CT molecular complexity index is 1120. The number of ether oxygens (including phenoxy) is 1. The van der Waals surface area contributed by atoms with Gasteiger partial charge in [-0.1, -0.05) is 42.0 Å². The van der Waals surface area contributed by atoms with Gasteiger partial charge in [0.25, 0.3) is 15.9 Å². The van der Waals surface area contributed by atoms with E-state index in [0.717, 1.165) is 16.9 Å². The molecule has 0 spiro atoms. The van der Waals surface area contributed by atoms with Crippen molar-refractivity contribution in [3.8, 4) is 5.75 Å². The Morgan fingerprint density at radius 3 is 2.40 bits per heavy atom. The van der Waals surface area contributed by atoms with Crippen LogP contribution in [0.2, 0.25) is 5.02 Å². The zero-order valence-corrected chi connectivity index (χ0v) is 18.5. The summed E-state index contributed by atoms with van der Waals surface area (Å²) in [6, 6.07) is 13.0. The van der Waals surface area contributed by atoms with Crippen LogP contribution in [0.4, 0.5) is 5.13 Å². The van der Waals surface area contributed by atoms with Crippen LogP contribution in [0.25, 0.3) is 0 Å². The lowest BCUT2D eigenvalue weighted by Crippen LogP contribution is -2.28. The summed E-state index contributed by atoms with van der Waals surface area (Å²) in [5.41, 5.74) is 1.16. The van der Waals surface area contributed by atoms with Crippen molar-refractivity contribution in [1.82, 2.24) is 14.9 Å². The van der Waals surface area contributed by atoms with Crippen LogP contribution < -0.4 is 14.8 Å². The lowest BCUT2D eigenvalue weighted by atomic mass is 10.1. The van der Waals surface area contributed by atoms with E-state index in [4.69, 9.17) is 16.3 Å². The van der Waals surface area contributed by atoms with Gasteiger partial charge < -0.3 is 4.74 Å². The quantitative estimate of drug-likeness (QED) is 0.487. The number of nitrogens with zero attached hydrogens (tertiary/aromatic N) is 2. The molecule has 0 saturated carbocycles. The number of benzene rings is 2. The van der Waals surface area contributed by atoms with Gasteiger partial charge in [0.2, 0.25) is 9.47 Å². The fourth-order valence-electron chi connectivity index (χ4n) is 2.60. The number of amides is 1. The highest BCUT2D eigenvalue weighted by atomic mass is 35.5. The van der Waals surface area contributed by atoms with Crippen LogP contribution in [0.5, 0.6) is 5.75 Å². The van der Waals surface area contributed by atoms with Gasteiger partial charge in [0, 0.05) is 16.6 Å². The molecule has 0 aliphatic heterocycles. The highest BCUT2D eigenvalue weighted by Crippen LogP contribution is 2.25. The minimum absolute atomic E-state index is 0.0767. The first-order chi connectivity index (χ1) is 14.3. The molecular weight excluding hydrogens is 448 g/mol. The maximum Gasteiger partial charge on any atom is 0.270 e. The van der Waals surface area contributed by atoms with Crippen LogP contribution in [0.1, 0.15) is 35.3 Å². The summed E-state index contributed by atoms with van der Waals surface area (Å²) < 4.78 is 33.0. The Balaban J connectivity index is 1.72. The van der Waals surface area contributed by atoms with Crippen molar-refractivity contribution in [2.75, 3.05) is 12.4 Å². The largest absolute Gasteiger partial charge is 0.497 e. The second-order valence-electron chi connectivity index (χ2n) is 6.19. The minimum Gasteiger partial charge on any atom is -0.497 e. The predicted octanol–water partition coefficient (Wildman–Crippen LogP) is 3.88. The van der Waals surface area contributed by atoms with Crippen molar-refractivity contribution in [3.63, 3.8) is 0 Å². The highest BCUT2D eigenvalue weighted by Gasteiger charge is 2.25. The first-order valence-corrected chi connectivity index (χ1v) is 11.6. The number of anilines is 1. The van der Waals surface area contributed by atoms with Crippen LogP contribution >= 0.6 is 22.9 Å². The average Bonchev–Trinajstić information content (AvgIpc) is 3.22. The van der Waals surface area contributed by atoms with E-state index in [1.54, 1.807) is 55.6 Å². The third kappa shape index (κ3) is 5.33. The Morgan fingerprint density at radius 1 is 1.13 bits per heavy atom. The van der Waals surface area contributed by atoms with Gasteiger partial charge in [-0.15, -0.1) is 10.2 Å². The van der Waals surface area contributed by atoms with Crippen molar-refractivity contribution >= 4 is 44.0 Å².